The topological polar surface area (TPSA) is 12.4 Å². The van der Waals surface area contributed by atoms with E-state index in [1.807, 2.05) is 0 Å². The van der Waals surface area contributed by atoms with Gasteiger partial charge < -0.3 is 0 Å². The quantitative estimate of drug-likeness (QED) is 0.502. The van der Waals surface area contributed by atoms with Crippen LogP contribution in [0.3, 0.4) is 0 Å². The molecule has 0 saturated heterocycles. The molecule has 0 N–H and O–H groups in total. The van der Waals surface area contributed by atoms with Crippen molar-refractivity contribution in [1.82, 2.24) is 0 Å². The van der Waals surface area contributed by atoms with Gasteiger partial charge in [-0.05, 0) is 12.8 Å². The zero-order valence-corrected chi connectivity index (χ0v) is 5.36. The smallest absolute Gasteiger partial charge is 0.297 e. The largest absolute Gasteiger partial charge is 0.396 e. The van der Waals surface area contributed by atoms with Crippen LogP contribution >= 0.6 is 0 Å². The van der Waals surface area contributed by atoms with Gasteiger partial charge in [-0.15, -0.1) is 0 Å². The maximum atomic E-state index is 11.9. The van der Waals surface area contributed by atoms with Crippen molar-refractivity contribution in [2.75, 3.05) is 6.54 Å². The van der Waals surface area contributed by atoms with Gasteiger partial charge in [-0.25, -0.2) is 0 Å². The van der Waals surface area contributed by atoms with Crippen molar-refractivity contribution in [3.63, 3.8) is 0 Å². The molecule has 10 heavy (non-hydrogen) atoms. The summed E-state index contributed by atoms with van der Waals surface area (Å²) in [4.78, 5) is 3.58. The first-order valence-corrected chi connectivity index (χ1v) is 3.17. The summed E-state index contributed by atoms with van der Waals surface area (Å²) in [5.41, 5.74) is 0. The van der Waals surface area contributed by atoms with E-state index in [0.29, 0.717) is 13.0 Å². The van der Waals surface area contributed by atoms with Gasteiger partial charge in [-0.2, -0.15) is 13.2 Å². The lowest BCUT2D eigenvalue weighted by Crippen LogP contribution is -2.26. The minimum Gasteiger partial charge on any atom is -0.297 e. The van der Waals surface area contributed by atoms with Crippen LogP contribution in [0.4, 0.5) is 13.2 Å². The van der Waals surface area contributed by atoms with Gasteiger partial charge in [-0.1, -0.05) is 0 Å². The highest BCUT2D eigenvalue weighted by molar-refractivity contribution is 5.62. The van der Waals surface area contributed by atoms with E-state index in [-0.39, 0.29) is 6.42 Å². The first kappa shape index (κ1) is 7.57. The van der Waals surface area contributed by atoms with Crippen molar-refractivity contribution in [2.45, 2.75) is 19.0 Å². The fourth-order valence-electron chi connectivity index (χ4n) is 0.927. The summed E-state index contributed by atoms with van der Waals surface area (Å²) in [5.74, 6) is -1.29. The number of aliphatic imine (C=N–C) groups is 1. The average molecular weight is 151 g/mol. The Labute approximate surface area is 57.0 Å². The maximum Gasteiger partial charge on any atom is 0.396 e. The second-order valence-electron chi connectivity index (χ2n) is 2.35. The van der Waals surface area contributed by atoms with Crippen molar-refractivity contribution < 1.29 is 13.2 Å². The molecule has 0 amide bonds. The van der Waals surface area contributed by atoms with Crippen LogP contribution in [0.25, 0.3) is 0 Å². The summed E-state index contributed by atoms with van der Waals surface area (Å²) < 4.78 is 35.6. The molecule has 0 aromatic carbocycles. The fraction of sp³-hybridized carbons (Fsp3) is 0.833. The Kier molecular flexibility index (Phi) is 1.97. The van der Waals surface area contributed by atoms with E-state index in [4.69, 9.17) is 0 Å². The van der Waals surface area contributed by atoms with Crippen molar-refractivity contribution in [1.29, 1.82) is 0 Å². The van der Waals surface area contributed by atoms with Crippen LogP contribution in [-0.4, -0.2) is 18.9 Å². The van der Waals surface area contributed by atoms with Gasteiger partial charge in [0.25, 0.3) is 0 Å². The normalized spacial score (nSPS) is 26.9. The monoisotopic (exact) mass is 151 g/mol. The molecule has 1 rings (SSSR count). The Hall–Kier alpha value is -0.540. The molecular weight excluding hydrogens is 143 g/mol. The Morgan fingerprint density at radius 1 is 1.40 bits per heavy atom. The zero-order chi connectivity index (χ0) is 7.61. The summed E-state index contributed by atoms with van der Waals surface area (Å²) in [6, 6.07) is 0. The highest BCUT2D eigenvalue weighted by Gasteiger charge is 2.38. The van der Waals surface area contributed by atoms with Crippen molar-refractivity contribution in [2.24, 2.45) is 10.9 Å². The molecule has 0 saturated carbocycles. The molecule has 1 unspecified atom stereocenters. The molecular formula is C6H8F3N. The van der Waals surface area contributed by atoms with Crippen LogP contribution in [0.5, 0.6) is 0 Å². The van der Waals surface area contributed by atoms with Gasteiger partial charge in [0.2, 0.25) is 0 Å². The molecule has 4 heteroatoms. The lowest BCUT2D eigenvalue weighted by molar-refractivity contribution is -0.156. The van der Waals surface area contributed by atoms with E-state index < -0.39 is 12.1 Å². The van der Waals surface area contributed by atoms with E-state index in [9.17, 15) is 13.2 Å². The molecule has 0 radical (unpaired) electrons. The number of nitrogens with zero attached hydrogens (tertiary/aromatic N) is 1. The van der Waals surface area contributed by atoms with Gasteiger partial charge >= 0.3 is 6.18 Å². The predicted molar refractivity (Wildman–Crippen MR) is 32.1 cm³/mol. The van der Waals surface area contributed by atoms with Crippen LogP contribution in [0, 0.1) is 5.92 Å². The zero-order valence-electron chi connectivity index (χ0n) is 5.36. The molecule has 0 spiro atoms. The summed E-state index contributed by atoms with van der Waals surface area (Å²) in [6.45, 7) is 0.548. The number of halogens is 3. The van der Waals surface area contributed by atoms with Gasteiger partial charge in [0.1, 0.15) is 0 Å². The molecule has 58 valence electrons. The van der Waals surface area contributed by atoms with Crippen molar-refractivity contribution >= 4 is 6.21 Å². The SMILES string of the molecule is FC(F)(F)C1C=NCCC1. The third kappa shape index (κ3) is 1.72. The molecule has 1 heterocycles. The molecule has 0 aliphatic carbocycles. The number of rotatable bonds is 0. The van der Waals surface area contributed by atoms with Gasteiger partial charge in [0.15, 0.2) is 0 Å². The molecule has 0 fully saturated rings. The molecule has 1 atom stereocenters. The lowest BCUT2D eigenvalue weighted by Gasteiger charge is -2.18. The Morgan fingerprint density at radius 3 is 2.40 bits per heavy atom. The predicted octanol–water partition coefficient (Wildman–Crippen LogP) is 2.03. The Bertz CT molecular complexity index is 138. The molecule has 1 nitrogen and oxygen atoms in total. The van der Waals surface area contributed by atoms with Crippen LogP contribution in [0.15, 0.2) is 4.99 Å². The third-order valence-corrected chi connectivity index (χ3v) is 1.51. The lowest BCUT2D eigenvalue weighted by atomic mass is 10.0. The number of hydrogen-bond donors (Lipinski definition) is 0. The van der Waals surface area contributed by atoms with Gasteiger partial charge in [-0.3, -0.25) is 4.99 Å². The second kappa shape index (κ2) is 2.60. The Morgan fingerprint density at radius 2 is 2.10 bits per heavy atom. The maximum absolute atomic E-state index is 11.9. The summed E-state index contributed by atoms with van der Waals surface area (Å²) in [5, 5.41) is 0. The molecule has 1 aliphatic heterocycles. The highest BCUT2D eigenvalue weighted by atomic mass is 19.4. The molecule has 0 aromatic rings. The van der Waals surface area contributed by atoms with Crippen LogP contribution in [0.1, 0.15) is 12.8 Å². The minimum absolute atomic E-state index is 0.201. The molecule has 1 aliphatic rings. The third-order valence-electron chi connectivity index (χ3n) is 1.51. The van der Waals surface area contributed by atoms with E-state index >= 15 is 0 Å². The molecule has 0 bridgehead atoms. The second-order valence-corrected chi connectivity index (χ2v) is 2.35. The fourth-order valence-corrected chi connectivity index (χ4v) is 0.927. The van der Waals surface area contributed by atoms with E-state index in [2.05, 4.69) is 4.99 Å². The van der Waals surface area contributed by atoms with Crippen LogP contribution < -0.4 is 0 Å². The Balaban J connectivity index is 2.55. The van der Waals surface area contributed by atoms with Crippen molar-refractivity contribution in [3.8, 4) is 0 Å². The van der Waals surface area contributed by atoms with Crippen LogP contribution in [0.2, 0.25) is 0 Å². The summed E-state index contributed by atoms with van der Waals surface area (Å²) >= 11 is 0. The van der Waals surface area contributed by atoms with Gasteiger partial charge in [0.05, 0.1) is 5.92 Å². The van der Waals surface area contributed by atoms with Crippen molar-refractivity contribution in [3.05, 3.63) is 0 Å². The van der Waals surface area contributed by atoms with Gasteiger partial charge in [0, 0.05) is 12.8 Å². The summed E-state index contributed by atoms with van der Waals surface area (Å²) in [6.07, 6.45) is -2.30. The number of hydrogen-bond acceptors (Lipinski definition) is 1. The highest BCUT2D eigenvalue weighted by Crippen LogP contribution is 2.29. The standard InChI is InChI=1S/C6H8F3N/c7-6(8,9)5-2-1-3-10-4-5/h4-5H,1-3H2. The van der Waals surface area contributed by atoms with E-state index in [1.165, 1.54) is 0 Å². The first-order valence-electron chi connectivity index (χ1n) is 3.17. The van der Waals surface area contributed by atoms with Crippen LogP contribution in [-0.2, 0) is 0 Å². The minimum atomic E-state index is -4.08. The number of alkyl halides is 3. The molecule has 0 aromatic heterocycles. The summed E-state index contributed by atoms with van der Waals surface area (Å²) in [7, 11) is 0. The first-order chi connectivity index (χ1) is 4.61. The van der Waals surface area contributed by atoms with E-state index in [0.717, 1.165) is 6.21 Å². The average Bonchev–Trinajstić information content (AvgIpc) is 1.88. The van der Waals surface area contributed by atoms with E-state index in [1.54, 1.807) is 0 Å².